The van der Waals surface area contributed by atoms with Crippen molar-refractivity contribution < 1.29 is 0 Å². The molecule has 0 saturated carbocycles. The maximum absolute atomic E-state index is 2.46. The molecule has 0 spiro atoms. The quantitative estimate of drug-likeness (QED) is 0.541. The van der Waals surface area contributed by atoms with Gasteiger partial charge in [-0.2, -0.15) is 0 Å². The Morgan fingerprint density at radius 2 is 0.929 bits per heavy atom. The summed E-state index contributed by atoms with van der Waals surface area (Å²) in [5, 5.41) is 0. The summed E-state index contributed by atoms with van der Waals surface area (Å²) >= 11 is -1.44. The zero-order valence-corrected chi connectivity index (χ0v) is 15.1. The van der Waals surface area contributed by atoms with E-state index in [1.165, 1.54) is 4.13 Å². The second-order valence-electron chi connectivity index (χ2n) is 7.49. The summed E-state index contributed by atoms with van der Waals surface area (Å²) in [6.07, 6.45) is 0. The van der Waals surface area contributed by atoms with Crippen LogP contribution in [0.1, 0.15) is 62.3 Å². The molecule has 0 aromatic heterocycles. The fraction of sp³-hybridized carbons (Fsp3) is 1.00. The Labute approximate surface area is 99.5 Å². The van der Waals surface area contributed by atoms with E-state index in [1.54, 1.807) is 0 Å². The van der Waals surface area contributed by atoms with Gasteiger partial charge in [0.25, 0.3) is 0 Å². The van der Waals surface area contributed by atoms with Gasteiger partial charge >= 0.3 is 99.9 Å². The van der Waals surface area contributed by atoms with Gasteiger partial charge in [0.1, 0.15) is 0 Å². The summed E-state index contributed by atoms with van der Waals surface area (Å²) in [5.41, 5.74) is 0.526. The Balaban J connectivity index is 4.78. The van der Waals surface area contributed by atoms with Crippen LogP contribution in [0.2, 0.25) is 10.4 Å². The van der Waals surface area contributed by atoms with Crippen molar-refractivity contribution in [3.05, 3.63) is 0 Å². The second-order valence-corrected chi connectivity index (χ2v) is 22.5. The van der Waals surface area contributed by atoms with Gasteiger partial charge in [-0.3, -0.25) is 0 Å². The average Bonchev–Trinajstić information content (AvgIpc) is 1.75. The van der Waals surface area contributed by atoms with Crippen LogP contribution in [0.4, 0.5) is 0 Å². The molecule has 0 amide bonds. The first kappa shape index (κ1) is 14.9. The SMILES string of the molecule is CC(C)(C)[CH2][Bi]([C](C)(C)C)[C](C)(C)C. The van der Waals surface area contributed by atoms with E-state index in [2.05, 4.69) is 62.3 Å². The topological polar surface area (TPSA) is 0 Å². The first-order valence-corrected chi connectivity index (χ1v) is 11.6. The van der Waals surface area contributed by atoms with Crippen molar-refractivity contribution in [3.63, 3.8) is 0 Å². The number of hydrogen-bond donors (Lipinski definition) is 0. The molecule has 0 fully saturated rings. The van der Waals surface area contributed by atoms with Gasteiger partial charge in [-0.1, -0.05) is 0 Å². The molecule has 0 aliphatic heterocycles. The van der Waals surface area contributed by atoms with Crippen molar-refractivity contribution in [1.29, 1.82) is 0 Å². The Morgan fingerprint density at radius 1 is 0.643 bits per heavy atom. The van der Waals surface area contributed by atoms with Gasteiger partial charge in [-0.05, 0) is 0 Å². The van der Waals surface area contributed by atoms with E-state index in [4.69, 9.17) is 0 Å². The third-order valence-corrected chi connectivity index (χ3v) is 19.8. The fourth-order valence-electron chi connectivity index (χ4n) is 1.95. The van der Waals surface area contributed by atoms with E-state index in [-0.39, 0.29) is 0 Å². The van der Waals surface area contributed by atoms with Crippen molar-refractivity contribution in [3.8, 4) is 0 Å². The van der Waals surface area contributed by atoms with Crippen LogP contribution in [0.3, 0.4) is 0 Å². The Bertz CT molecular complexity index is 159. The minimum absolute atomic E-state index is 0.526. The zero-order valence-electron chi connectivity index (χ0n) is 11.7. The third-order valence-electron chi connectivity index (χ3n) is 2.25. The number of hydrogen-bond acceptors (Lipinski definition) is 0. The molecule has 0 unspecified atom stereocenters. The predicted octanol–water partition coefficient (Wildman–Crippen LogP) is 5.13. The van der Waals surface area contributed by atoms with Crippen molar-refractivity contribution in [1.82, 2.24) is 0 Å². The predicted molar refractivity (Wildman–Crippen MR) is 69.4 cm³/mol. The van der Waals surface area contributed by atoms with Crippen LogP contribution >= 0.6 is 0 Å². The van der Waals surface area contributed by atoms with Gasteiger partial charge in [0, 0.05) is 0 Å². The Hall–Kier alpha value is 0.883. The first-order valence-electron chi connectivity index (χ1n) is 5.62. The molecular weight excluding hydrogens is 365 g/mol. The van der Waals surface area contributed by atoms with E-state index >= 15 is 0 Å². The third kappa shape index (κ3) is 5.69. The molecule has 0 radical (unpaired) electrons. The molecule has 0 N–H and O–H groups in total. The van der Waals surface area contributed by atoms with Crippen LogP contribution in [-0.4, -0.2) is 21.8 Å². The van der Waals surface area contributed by atoms with E-state index < -0.39 is 21.8 Å². The average molecular weight is 394 g/mol. The molecule has 0 aliphatic rings. The number of rotatable bonds is 1. The Kier molecular flexibility index (Phi) is 4.68. The van der Waals surface area contributed by atoms with Crippen molar-refractivity contribution in [2.75, 3.05) is 0 Å². The van der Waals surface area contributed by atoms with E-state index in [0.717, 1.165) is 0 Å². The summed E-state index contributed by atoms with van der Waals surface area (Å²) in [7, 11) is 0. The van der Waals surface area contributed by atoms with Crippen LogP contribution < -0.4 is 0 Å². The minimum atomic E-state index is -1.44. The van der Waals surface area contributed by atoms with E-state index in [1.807, 2.05) is 0 Å². The van der Waals surface area contributed by atoms with Crippen LogP contribution in [0.5, 0.6) is 0 Å². The standard InChI is InChI=1S/C5H11.2C4H9.Bi/c1-5(2,3)4;2*1-4(2)3;/h1H2,2-4H3;2*1-3H3;. The van der Waals surface area contributed by atoms with Gasteiger partial charge < -0.3 is 0 Å². The molecule has 86 valence electrons. The molecule has 0 saturated heterocycles. The molecule has 14 heavy (non-hydrogen) atoms. The molecule has 0 aromatic carbocycles. The summed E-state index contributed by atoms with van der Waals surface area (Å²) in [6.45, 7) is 21.9. The van der Waals surface area contributed by atoms with Crippen LogP contribution in [0, 0.1) is 5.41 Å². The van der Waals surface area contributed by atoms with Crippen molar-refractivity contribution >= 4 is 21.8 Å². The van der Waals surface area contributed by atoms with Crippen LogP contribution in [-0.2, 0) is 0 Å². The van der Waals surface area contributed by atoms with Gasteiger partial charge in [-0.15, -0.1) is 0 Å². The summed E-state index contributed by atoms with van der Waals surface area (Å²) in [5.74, 6) is 0. The molecule has 0 nitrogen and oxygen atoms in total. The van der Waals surface area contributed by atoms with Crippen molar-refractivity contribution in [2.24, 2.45) is 5.41 Å². The summed E-state index contributed by atoms with van der Waals surface area (Å²) in [6, 6.07) is 0. The van der Waals surface area contributed by atoms with Gasteiger partial charge in [0.15, 0.2) is 0 Å². The molecule has 0 aliphatic carbocycles. The zero-order chi connectivity index (χ0) is 11.8. The first-order chi connectivity index (χ1) is 5.84. The molecule has 0 rings (SSSR count). The fourth-order valence-corrected chi connectivity index (χ4v) is 17.2. The van der Waals surface area contributed by atoms with Gasteiger partial charge in [0.05, 0.1) is 0 Å². The molecule has 0 bridgehead atoms. The van der Waals surface area contributed by atoms with Crippen LogP contribution in [0.25, 0.3) is 0 Å². The summed E-state index contributed by atoms with van der Waals surface area (Å²) in [4.78, 5) is 0. The van der Waals surface area contributed by atoms with Crippen molar-refractivity contribution in [2.45, 2.75) is 72.7 Å². The van der Waals surface area contributed by atoms with Crippen LogP contribution in [0.15, 0.2) is 0 Å². The van der Waals surface area contributed by atoms with Gasteiger partial charge in [0.2, 0.25) is 0 Å². The Morgan fingerprint density at radius 3 is 1.00 bits per heavy atom. The molecule has 0 atom stereocenters. The second kappa shape index (κ2) is 4.40. The summed E-state index contributed by atoms with van der Waals surface area (Å²) < 4.78 is 2.73. The molecule has 0 heterocycles. The van der Waals surface area contributed by atoms with Gasteiger partial charge in [-0.25, -0.2) is 0 Å². The normalized spacial score (nSPS) is 15.0. The maximum atomic E-state index is 2.46. The van der Waals surface area contributed by atoms with E-state index in [0.29, 0.717) is 11.7 Å². The molecular formula is C13H29Bi. The van der Waals surface area contributed by atoms with E-state index in [9.17, 15) is 0 Å². The monoisotopic (exact) mass is 394 g/mol. The molecule has 1 heteroatoms. The molecule has 0 aromatic rings.